The molecule has 11 heteroatoms. The summed E-state index contributed by atoms with van der Waals surface area (Å²) in [4.78, 5) is 55.0. The molecule has 0 bridgehead atoms. The zero-order valence-corrected chi connectivity index (χ0v) is 20.2. The van der Waals surface area contributed by atoms with Crippen molar-refractivity contribution in [2.45, 2.75) is 37.3 Å². The molecule has 1 aromatic rings. The van der Waals surface area contributed by atoms with Gasteiger partial charge in [0.2, 0.25) is 11.8 Å². The van der Waals surface area contributed by atoms with Gasteiger partial charge in [-0.2, -0.15) is 0 Å². The number of piperidine rings is 2. The molecular formula is C25H32N4O7. The summed E-state index contributed by atoms with van der Waals surface area (Å²) in [7, 11) is 0. The van der Waals surface area contributed by atoms with E-state index in [0.717, 1.165) is 43.9 Å². The van der Waals surface area contributed by atoms with E-state index in [-0.39, 0.29) is 36.2 Å². The van der Waals surface area contributed by atoms with Crippen LogP contribution in [0.1, 0.15) is 46.4 Å². The minimum Gasteiger partial charge on any atom is -0.492 e. The van der Waals surface area contributed by atoms with Crippen molar-refractivity contribution in [1.82, 2.24) is 20.0 Å². The number of likely N-dealkylation sites (tertiary alicyclic amines) is 1. The predicted molar refractivity (Wildman–Crippen MR) is 126 cm³/mol. The Morgan fingerprint density at radius 2 is 1.81 bits per heavy atom. The summed E-state index contributed by atoms with van der Waals surface area (Å²) in [5.74, 6) is -1.61. The Morgan fingerprint density at radius 1 is 1.03 bits per heavy atom. The van der Waals surface area contributed by atoms with E-state index in [4.69, 9.17) is 14.6 Å². The molecule has 1 spiro atoms. The molecule has 1 atom stereocenters. The number of aliphatic hydroxyl groups excluding tert-OH is 1. The van der Waals surface area contributed by atoms with Crippen LogP contribution >= 0.6 is 0 Å². The molecule has 1 unspecified atom stereocenters. The Hall–Kier alpha value is -2.86. The van der Waals surface area contributed by atoms with Gasteiger partial charge < -0.3 is 19.5 Å². The molecule has 36 heavy (non-hydrogen) atoms. The number of β-amino-alcohol motifs (C(OH)–C–C–N with tert-alkyl or cyclic N) is 1. The molecule has 4 heterocycles. The van der Waals surface area contributed by atoms with E-state index >= 15 is 0 Å². The summed E-state index contributed by atoms with van der Waals surface area (Å²) in [5, 5.41) is 11.4. The van der Waals surface area contributed by atoms with Crippen LogP contribution in [0.5, 0.6) is 5.75 Å². The van der Waals surface area contributed by atoms with Crippen LogP contribution in [0.15, 0.2) is 18.2 Å². The van der Waals surface area contributed by atoms with Crippen LogP contribution in [-0.2, 0) is 14.3 Å². The van der Waals surface area contributed by atoms with Gasteiger partial charge in [-0.05, 0) is 37.5 Å². The molecule has 4 aliphatic heterocycles. The van der Waals surface area contributed by atoms with Crippen molar-refractivity contribution >= 4 is 23.6 Å². The highest BCUT2D eigenvalue weighted by Gasteiger charge is 2.45. The molecule has 11 nitrogen and oxygen atoms in total. The molecule has 4 aliphatic rings. The number of morpholine rings is 1. The van der Waals surface area contributed by atoms with Crippen LogP contribution in [0, 0.1) is 0 Å². The second-order valence-corrected chi connectivity index (χ2v) is 9.88. The zero-order valence-electron chi connectivity index (χ0n) is 20.2. The standard InChI is InChI=1S/C25H32N4O7/c30-12-9-27-7-5-25(6-8-27)16-28(11-14-36-25)10-13-35-17-1-2-18-19(15-17)24(34)29(23(18)33)20-3-4-21(31)26-22(20)32/h1-2,15,20,30H,3-14,16H2,(H,26,31,32). The van der Waals surface area contributed by atoms with Crippen molar-refractivity contribution in [3.63, 3.8) is 0 Å². The highest BCUT2D eigenvalue weighted by atomic mass is 16.5. The monoisotopic (exact) mass is 500 g/mol. The van der Waals surface area contributed by atoms with Crippen molar-refractivity contribution in [2.24, 2.45) is 0 Å². The Balaban J connectivity index is 1.16. The van der Waals surface area contributed by atoms with Crippen LogP contribution < -0.4 is 10.1 Å². The van der Waals surface area contributed by atoms with Gasteiger partial charge in [-0.25, -0.2) is 0 Å². The van der Waals surface area contributed by atoms with Crippen molar-refractivity contribution in [2.75, 3.05) is 59.1 Å². The fourth-order valence-corrected chi connectivity index (χ4v) is 5.57. The average molecular weight is 501 g/mol. The lowest BCUT2D eigenvalue weighted by atomic mass is 9.89. The van der Waals surface area contributed by atoms with E-state index in [1.807, 2.05) is 0 Å². The molecule has 5 rings (SSSR count). The summed E-state index contributed by atoms with van der Waals surface area (Å²) in [6.45, 7) is 6.17. The lowest BCUT2D eigenvalue weighted by molar-refractivity contribution is -0.137. The molecule has 0 aliphatic carbocycles. The second kappa shape index (κ2) is 10.3. The number of nitrogens with one attached hydrogen (secondary N) is 1. The minimum absolute atomic E-state index is 0.0852. The van der Waals surface area contributed by atoms with E-state index < -0.39 is 29.7 Å². The minimum atomic E-state index is -0.983. The number of hydrogen-bond acceptors (Lipinski definition) is 9. The fourth-order valence-electron chi connectivity index (χ4n) is 5.57. The number of carbonyl (C=O) groups excluding carboxylic acids is 4. The van der Waals surface area contributed by atoms with Gasteiger partial charge in [0.05, 0.1) is 29.9 Å². The molecule has 0 saturated carbocycles. The SMILES string of the molecule is O=C1CCC(N2C(=O)c3ccc(OCCN4CCOC5(CCN(CCO)CC5)C4)cc3C2=O)C(=O)N1. The van der Waals surface area contributed by atoms with Gasteiger partial charge in [-0.15, -0.1) is 0 Å². The number of rotatable bonds is 7. The third-order valence-electron chi connectivity index (χ3n) is 7.60. The topological polar surface area (TPSA) is 129 Å². The van der Waals surface area contributed by atoms with E-state index in [1.165, 1.54) is 0 Å². The van der Waals surface area contributed by atoms with E-state index in [9.17, 15) is 19.2 Å². The number of imide groups is 2. The van der Waals surface area contributed by atoms with E-state index in [2.05, 4.69) is 15.1 Å². The van der Waals surface area contributed by atoms with Gasteiger partial charge >= 0.3 is 0 Å². The molecule has 3 saturated heterocycles. The quantitative estimate of drug-likeness (QED) is 0.482. The van der Waals surface area contributed by atoms with E-state index in [0.29, 0.717) is 32.1 Å². The first kappa shape index (κ1) is 24.8. The van der Waals surface area contributed by atoms with Gasteiger partial charge in [-0.3, -0.25) is 34.3 Å². The van der Waals surface area contributed by atoms with Crippen LogP contribution in [-0.4, -0.2) is 114 Å². The maximum Gasteiger partial charge on any atom is 0.262 e. The number of nitrogens with zero attached hydrogens (tertiary/aromatic N) is 3. The smallest absolute Gasteiger partial charge is 0.262 e. The highest BCUT2D eigenvalue weighted by molar-refractivity contribution is 6.23. The van der Waals surface area contributed by atoms with Crippen molar-refractivity contribution in [3.8, 4) is 5.75 Å². The first-order chi connectivity index (χ1) is 17.4. The summed E-state index contributed by atoms with van der Waals surface area (Å²) in [6, 6.07) is 3.79. The number of ether oxygens (including phenoxy) is 2. The first-order valence-corrected chi connectivity index (χ1v) is 12.6. The van der Waals surface area contributed by atoms with Crippen LogP contribution in [0.25, 0.3) is 0 Å². The summed E-state index contributed by atoms with van der Waals surface area (Å²) >= 11 is 0. The lowest BCUT2D eigenvalue weighted by Gasteiger charge is -2.47. The molecular weight excluding hydrogens is 468 g/mol. The molecule has 4 amide bonds. The van der Waals surface area contributed by atoms with Gasteiger partial charge in [-0.1, -0.05) is 0 Å². The zero-order chi connectivity index (χ0) is 25.3. The number of aliphatic hydroxyl groups is 1. The predicted octanol–water partition coefficient (Wildman–Crippen LogP) is -0.374. The Labute approximate surface area is 209 Å². The maximum atomic E-state index is 13.0. The molecule has 2 N–H and O–H groups in total. The van der Waals surface area contributed by atoms with Gasteiger partial charge in [0.15, 0.2) is 0 Å². The largest absolute Gasteiger partial charge is 0.492 e. The lowest BCUT2D eigenvalue weighted by Crippen LogP contribution is -2.57. The summed E-state index contributed by atoms with van der Waals surface area (Å²) < 4.78 is 12.1. The summed E-state index contributed by atoms with van der Waals surface area (Å²) in [6.07, 6.45) is 2.09. The average Bonchev–Trinajstić information content (AvgIpc) is 3.11. The van der Waals surface area contributed by atoms with E-state index in [1.54, 1.807) is 18.2 Å². The van der Waals surface area contributed by atoms with Crippen LogP contribution in [0.4, 0.5) is 0 Å². The molecule has 3 fully saturated rings. The Bertz CT molecular complexity index is 1050. The number of hydrogen-bond donors (Lipinski definition) is 2. The number of fused-ring (bicyclic) bond motifs is 1. The van der Waals surface area contributed by atoms with Gasteiger partial charge in [0.1, 0.15) is 18.4 Å². The van der Waals surface area contributed by atoms with Crippen molar-refractivity contribution < 1.29 is 33.8 Å². The second-order valence-electron chi connectivity index (χ2n) is 9.88. The Kier molecular flexibility index (Phi) is 7.07. The normalized spacial score (nSPS) is 24.8. The highest BCUT2D eigenvalue weighted by Crippen LogP contribution is 2.31. The Morgan fingerprint density at radius 3 is 2.56 bits per heavy atom. The first-order valence-electron chi connectivity index (χ1n) is 12.6. The molecule has 0 radical (unpaired) electrons. The van der Waals surface area contributed by atoms with Crippen molar-refractivity contribution in [3.05, 3.63) is 29.3 Å². The maximum absolute atomic E-state index is 13.0. The number of benzene rings is 1. The molecule has 1 aromatic carbocycles. The third kappa shape index (κ3) is 4.88. The number of carbonyl (C=O) groups is 4. The van der Waals surface area contributed by atoms with Crippen LogP contribution in [0.2, 0.25) is 0 Å². The number of amides is 4. The van der Waals surface area contributed by atoms with Crippen molar-refractivity contribution in [1.29, 1.82) is 0 Å². The summed E-state index contributed by atoms with van der Waals surface area (Å²) in [5.41, 5.74) is 0.297. The molecule has 0 aromatic heterocycles. The molecule has 194 valence electrons. The van der Waals surface area contributed by atoms with Gasteiger partial charge in [0, 0.05) is 45.7 Å². The van der Waals surface area contributed by atoms with Crippen LogP contribution in [0.3, 0.4) is 0 Å². The van der Waals surface area contributed by atoms with Gasteiger partial charge in [0.25, 0.3) is 11.8 Å². The third-order valence-corrected chi connectivity index (χ3v) is 7.60. The fraction of sp³-hybridized carbons (Fsp3) is 0.600.